The van der Waals surface area contributed by atoms with Gasteiger partial charge < -0.3 is 9.52 Å². The van der Waals surface area contributed by atoms with Gasteiger partial charge in [-0.1, -0.05) is 6.07 Å². The molecular formula is C11H12N2O2S. The van der Waals surface area contributed by atoms with E-state index in [1.165, 1.54) is 11.8 Å². The first-order valence-electron chi connectivity index (χ1n) is 4.89. The second-order valence-corrected chi connectivity index (χ2v) is 4.43. The summed E-state index contributed by atoms with van der Waals surface area (Å²) < 4.78 is 5.21. The summed E-state index contributed by atoms with van der Waals surface area (Å²) in [5.74, 6) is 0. The van der Waals surface area contributed by atoms with E-state index in [9.17, 15) is 5.11 Å². The second-order valence-electron chi connectivity index (χ2n) is 3.46. The standard InChI is InChI=1S/C11H12N2O2S/c1-7-6-15-11(13-7)16-10-4-3-9(5-12-10)8(2)14/h3-6,8,14H,1-2H3. The van der Waals surface area contributed by atoms with Crippen LogP contribution in [0, 0.1) is 6.92 Å². The largest absolute Gasteiger partial charge is 0.439 e. The maximum absolute atomic E-state index is 9.33. The van der Waals surface area contributed by atoms with Crippen LogP contribution in [0.2, 0.25) is 0 Å². The van der Waals surface area contributed by atoms with Crippen molar-refractivity contribution in [3.8, 4) is 0 Å². The molecule has 16 heavy (non-hydrogen) atoms. The van der Waals surface area contributed by atoms with Gasteiger partial charge in [0.25, 0.3) is 5.22 Å². The Morgan fingerprint density at radius 2 is 2.25 bits per heavy atom. The highest BCUT2D eigenvalue weighted by Gasteiger charge is 2.06. The molecule has 0 amide bonds. The SMILES string of the molecule is Cc1coc(Sc2ccc(C(C)O)cn2)n1. The number of hydrogen-bond donors (Lipinski definition) is 1. The van der Waals surface area contributed by atoms with E-state index in [2.05, 4.69) is 9.97 Å². The van der Waals surface area contributed by atoms with Crippen molar-refractivity contribution >= 4 is 11.8 Å². The molecule has 0 fully saturated rings. The Morgan fingerprint density at radius 3 is 2.75 bits per heavy atom. The molecule has 0 bridgehead atoms. The van der Waals surface area contributed by atoms with E-state index in [4.69, 9.17) is 4.42 Å². The highest BCUT2D eigenvalue weighted by molar-refractivity contribution is 7.99. The Hall–Kier alpha value is -1.33. The van der Waals surface area contributed by atoms with Crippen LogP contribution in [0.5, 0.6) is 0 Å². The fourth-order valence-corrected chi connectivity index (χ4v) is 1.87. The van der Waals surface area contributed by atoms with Gasteiger partial charge in [-0.2, -0.15) is 0 Å². The van der Waals surface area contributed by atoms with Gasteiger partial charge in [-0.3, -0.25) is 0 Å². The molecule has 1 unspecified atom stereocenters. The molecular weight excluding hydrogens is 224 g/mol. The number of aliphatic hydroxyl groups excluding tert-OH is 1. The van der Waals surface area contributed by atoms with Gasteiger partial charge in [-0.15, -0.1) is 0 Å². The summed E-state index contributed by atoms with van der Waals surface area (Å²) in [6.07, 6.45) is 2.77. The zero-order chi connectivity index (χ0) is 11.5. The predicted octanol–water partition coefficient (Wildman–Crippen LogP) is 2.58. The second kappa shape index (κ2) is 4.67. The smallest absolute Gasteiger partial charge is 0.262 e. The lowest BCUT2D eigenvalue weighted by molar-refractivity contribution is 0.198. The lowest BCUT2D eigenvalue weighted by Crippen LogP contribution is -1.92. The first kappa shape index (κ1) is 11.2. The predicted molar refractivity (Wildman–Crippen MR) is 60.2 cm³/mol. The van der Waals surface area contributed by atoms with Crippen molar-refractivity contribution < 1.29 is 9.52 Å². The molecule has 0 aliphatic rings. The molecule has 2 aromatic rings. The minimum Gasteiger partial charge on any atom is -0.439 e. The summed E-state index contributed by atoms with van der Waals surface area (Å²) in [6, 6.07) is 3.68. The molecule has 1 N–H and O–H groups in total. The van der Waals surface area contributed by atoms with Gasteiger partial charge in [0.2, 0.25) is 0 Å². The number of hydrogen-bond acceptors (Lipinski definition) is 5. The van der Waals surface area contributed by atoms with Crippen molar-refractivity contribution in [1.29, 1.82) is 0 Å². The summed E-state index contributed by atoms with van der Waals surface area (Å²) in [5.41, 5.74) is 1.65. The van der Waals surface area contributed by atoms with E-state index < -0.39 is 6.10 Å². The summed E-state index contributed by atoms with van der Waals surface area (Å²) >= 11 is 1.36. The maximum Gasteiger partial charge on any atom is 0.262 e. The van der Waals surface area contributed by atoms with Crippen LogP contribution in [0.1, 0.15) is 24.3 Å². The quantitative estimate of drug-likeness (QED) is 0.887. The Balaban J connectivity index is 2.11. The molecule has 84 valence electrons. The molecule has 0 aliphatic carbocycles. The van der Waals surface area contributed by atoms with Crippen LogP contribution < -0.4 is 0 Å². The molecule has 2 aromatic heterocycles. The average Bonchev–Trinajstić information content (AvgIpc) is 2.65. The van der Waals surface area contributed by atoms with Crippen LogP contribution in [-0.4, -0.2) is 15.1 Å². The average molecular weight is 236 g/mol. The Kier molecular flexibility index (Phi) is 3.26. The number of nitrogens with zero attached hydrogens (tertiary/aromatic N) is 2. The molecule has 0 aliphatic heterocycles. The van der Waals surface area contributed by atoms with Gasteiger partial charge in [0, 0.05) is 6.20 Å². The topological polar surface area (TPSA) is 59.2 Å². The monoisotopic (exact) mass is 236 g/mol. The summed E-state index contributed by atoms with van der Waals surface area (Å²) in [6.45, 7) is 3.58. The molecule has 0 saturated carbocycles. The third-order valence-electron chi connectivity index (χ3n) is 2.03. The van der Waals surface area contributed by atoms with Gasteiger partial charge in [-0.25, -0.2) is 9.97 Å². The van der Waals surface area contributed by atoms with E-state index in [0.717, 1.165) is 16.3 Å². The van der Waals surface area contributed by atoms with E-state index in [0.29, 0.717) is 5.22 Å². The minimum absolute atomic E-state index is 0.490. The van der Waals surface area contributed by atoms with Crippen molar-refractivity contribution in [2.45, 2.75) is 30.2 Å². The van der Waals surface area contributed by atoms with Crippen molar-refractivity contribution in [3.63, 3.8) is 0 Å². The molecule has 2 heterocycles. The summed E-state index contributed by atoms with van der Waals surface area (Å²) in [7, 11) is 0. The van der Waals surface area contributed by atoms with Crippen LogP contribution in [-0.2, 0) is 0 Å². The number of rotatable bonds is 3. The summed E-state index contributed by atoms with van der Waals surface area (Å²) in [5, 5.41) is 10.7. The molecule has 0 aromatic carbocycles. The van der Waals surface area contributed by atoms with Crippen LogP contribution >= 0.6 is 11.8 Å². The van der Waals surface area contributed by atoms with Crippen molar-refractivity contribution in [2.75, 3.05) is 0 Å². The van der Waals surface area contributed by atoms with Gasteiger partial charge in [0.1, 0.15) is 11.3 Å². The number of aromatic nitrogens is 2. The third-order valence-corrected chi connectivity index (χ3v) is 2.84. The summed E-state index contributed by atoms with van der Waals surface area (Å²) in [4.78, 5) is 8.38. The van der Waals surface area contributed by atoms with Crippen molar-refractivity contribution in [2.24, 2.45) is 0 Å². The molecule has 1 atom stereocenters. The van der Waals surface area contributed by atoms with Gasteiger partial charge in [0.15, 0.2) is 0 Å². The first-order valence-corrected chi connectivity index (χ1v) is 5.71. The Morgan fingerprint density at radius 1 is 1.44 bits per heavy atom. The minimum atomic E-state index is -0.490. The van der Waals surface area contributed by atoms with Gasteiger partial charge in [-0.05, 0) is 37.2 Å². The van der Waals surface area contributed by atoms with E-state index in [-0.39, 0.29) is 0 Å². The lowest BCUT2D eigenvalue weighted by Gasteiger charge is -2.03. The molecule has 0 radical (unpaired) electrons. The number of pyridine rings is 1. The maximum atomic E-state index is 9.33. The Labute approximate surface area is 97.7 Å². The molecule has 0 saturated heterocycles. The van der Waals surface area contributed by atoms with Crippen LogP contribution in [0.15, 0.2) is 39.3 Å². The first-order chi connectivity index (χ1) is 7.65. The number of aliphatic hydroxyl groups is 1. The number of aryl methyl sites for hydroxylation is 1. The van der Waals surface area contributed by atoms with E-state index >= 15 is 0 Å². The zero-order valence-electron chi connectivity index (χ0n) is 9.04. The normalized spacial score (nSPS) is 12.7. The zero-order valence-corrected chi connectivity index (χ0v) is 9.86. The third kappa shape index (κ3) is 2.62. The molecule has 4 nitrogen and oxygen atoms in total. The highest BCUT2D eigenvalue weighted by atomic mass is 32.2. The van der Waals surface area contributed by atoms with Gasteiger partial charge in [0.05, 0.1) is 11.8 Å². The van der Waals surface area contributed by atoms with Gasteiger partial charge >= 0.3 is 0 Å². The highest BCUT2D eigenvalue weighted by Crippen LogP contribution is 2.25. The van der Waals surface area contributed by atoms with Crippen LogP contribution in [0.4, 0.5) is 0 Å². The van der Waals surface area contributed by atoms with E-state index in [1.807, 2.05) is 19.1 Å². The molecule has 5 heteroatoms. The van der Waals surface area contributed by atoms with E-state index in [1.54, 1.807) is 19.4 Å². The number of oxazole rings is 1. The fraction of sp³-hybridized carbons (Fsp3) is 0.273. The Bertz CT molecular complexity index is 465. The fourth-order valence-electron chi connectivity index (χ4n) is 1.17. The van der Waals surface area contributed by atoms with Crippen LogP contribution in [0.3, 0.4) is 0 Å². The lowest BCUT2D eigenvalue weighted by atomic mass is 10.2. The van der Waals surface area contributed by atoms with Crippen molar-refractivity contribution in [1.82, 2.24) is 9.97 Å². The van der Waals surface area contributed by atoms with Crippen LogP contribution in [0.25, 0.3) is 0 Å². The van der Waals surface area contributed by atoms with Crippen molar-refractivity contribution in [3.05, 3.63) is 35.9 Å². The molecule has 0 spiro atoms. The molecule has 2 rings (SSSR count).